The number of hydrogen-bond donors (Lipinski definition) is 1. The zero-order valence-corrected chi connectivity index (χ0v) is 9.13. The second-order valence-corrected chi connectivity index (χ2v) is 3.45. The fourth-order valence-electron chi connectivity index (χ4n) is 1.26. The van der Waals surface area contributed by atoms with Crippen LogP contribution in [0.15, 0.2) is 22.7 Å². The van der Waals surface area contributed by atoms with E-state index in [2.05, 4.69) is 4.98 Å². The summed E-state index contributed by atoms with van der Waals surface area (Å²) in [4.78, 5) is 15.1. The first-order valence-corrected chi connectivity index (χ1v) is 4.86. The molecular weight excluding hydrogens is 249 g/mol. The third-order valence-corrected chi connectivity index (χ3v) is 2.10. The summed E-state index contributed by atoms with van der Waals surface area (Å²) >= 11 is 0. The van der Waals surface area contributed by atoms with Crippen LogP contribution in [0.25, 0.3) is 0 Å². The first-order valence-electron chi connectivity index (χ1n) is 4.86. The molecule has 0 radical (unpaired) electrons. The number of aromatic nitrogens is 1. The smallest absolute Gasteiger partial charge is 0.311 e. The SMILES string of the molecule is Cc1cnc(C(=O)Nc2ccc(F)c(F)c2F)o1. The first-order chi connectivity index (χ1) is 8.49. The number of nitrogens with zero attached hydrogens (tertiary/aromatic N) is 1. The van der Waals surface area contributed by atoms with Crippen molar-refractivity contribution < 1.29 is 22.4 Å². The largest absolute Gasteiger partial charge is 0.438 e. The molecule has 0 aliphatic heterocycles. The minimum atomic E-state index is -1.66. The van der Waals surface area contributed by atoms with E-state index in [0.717, 1.165) is 6.07 Å². The Hall–Kier alpha value is -2.31. The van der Waals surface area contributed by atoms with Crippen molar-refractivity contribution in [2.75, 3.05) is 5.32 Å². The first kappa shape index (κ1) is 12.2. The summed E-state index contributed by atoms with van der Waals surface area (Å²) in [7, 11) is 0. The van der Waals surface area contributed by atoms with Gasteiger partial charge < -0.3 is 9.73 Å². The Bertz CT molecular complexity index is 610. The van der Waals surface area contributed by atoms with Gasteiger partial charge in [0.2, 0.25) is 0 Å². The quantitative estimate of drug-likeness (QED) is 0.840. The minimum Gasteiger partial charge on any atom is -0.438 e. The summed E-state index contributed by atoms with van der Waals surface area (Å²) in [5, 5.41) is 2.03. The molecule has 18 heavy (non-hydrogen) atoms. The number of aryl methyl sites for hydroxylation is 1. The predicted molar refractivity (Wildman–Crippen MR) is 55.5 cm³/mol. The standard InChI is InChI=1S/C11H7F3N2O2/c1-5-4-15-11(18-5)10(17)16-7-3-2-6(12)8(13)9(7)14/h2-4H,1H3,(H,16,17). The third kappa shape index (κ3) is 2.20. The molecule has 1 aromatic heterocycles. The molecule has 4 nitrogen and oxygen atoms in total. The summed E-state index contributed by atoms with van der Waals surface area (Å²) < 4.78 is 43.7. The van der Waals surface area contributed by atoms with Crippen molar-refractivity contribution in [2.24, 2.45) is 0 Å². The fraction of sp³-hybridized carbons (Fsp3) is 0.0909. The lowest BCUT2D eigenvalue weighted by atomic mass is 10.3. The van der Waals surface area contributed by atoms with Gasteiger partial charge in [-0.05, 0) is 19.1 Å². The number of anilines is 1. The number of rotatable bonds is 2. The lowest BCUT2D eigenvalue weighted by Crippen LogP contribution is -2.14. The number of benzene rings is 1. The Morgan fingerprint density at radius 3 is 2.61 bits per heavy atom. The van der Waals surface area contributed by atoms with Gasteiger partial charge in [0.25, 0.3) is 5.89 Å². The Kier molecular flexibility index (Phi) is 3.05. The molecule has 1 N–H and O–H groups in total. The maximum Gasteiger partial charge on any atom is 0.311 e. The van der Waals surface area contributed by atoms with Crippen LogP contribution in [-0.4, -0.2) is 10.9 Å². The van der Waals surface area contributed by atoms with Gasteiger partial charge in [0.1, 0.15) is 5.76 Å². The van der Waals surface area contributed by atoms with E-state index in [9.17, 15) is 18.0 Å². The van der Waals surface area contributed by atoms with Crippen LogP contribution < -0.4 is 5.32 Å². The molecule has 0 fully saturated rings. The molecule has 1 heterocycles. The highest BCUT2D eigenvalue weighted by molar-refractivity contribution is 6.00. The molecule has 1 amide bonds. The second-order valence-electron chi connectivity index (χ2n) is 3.45. The van der Waals surface area contributed by atoms with Gasteiger partial charge in [-0.15, -0.1) is 0 Å². The van der Waals surface area contributed by atoms with Crippen LogP contribution in [0.4, 0.5) is 18.9 Å². The Morgan fingerprint density at radius 1 is 1.28 bits per heavy atom. The van der Waals surface area contributed by atoms with Crippen LogP contribution in [0.1, 0.15) is 16.4 Å². The average Bonchev–Trinajstić information content (AvgIpc) is 2.77. The second kappa shape index (κ2) is 4.52. The maximum absolute atomic E-state index is 13.3. The van der Waals surface area contributed by atoms with E-state index < -0.39 is 29.0 Å². The van der Waals surface area contributed by atoms with Gasteiger partial charge >= 0.3 is 5.91 Å². The van der Waals surface area contributed by atoms with E-state index in [0.29, 0.717) is 11.8 Å². The molecule has 0 saturated heterocycles. The van der Waals surface area contributed by atoms with E-state index in [1.807, 2.05) is 5.32 Å². The van der Waals surface area contributed by atoms with E-state index in [1.165, 1.54) is 6.20 Å². The van der Waals surface area contributed by atoms with Crippen LogP contribution in [0.5, 0.6) is 0 Å². The van der Waals surface area contributed by atoms with Crippen molar-refractivity contribution in [3.8, 4) is 0 Å². The molecule has 0 aliphatic carbocycles. The Labute approximate surface area is 99.4 Å². The van der Waals surface area contributed by atoms with Gasteiger partial charge in [-0.2, -0.15) is 0 Å². The molecule has 1 aromatic carbocycles. The van der Waals surface area contributed by atoms with Gasteiger partial charge in [0, 0.05) is 0 Å². The van der Waals surface area contributed by atoms with Crippen molar-refractivity contribution in [3.63, 3.8) is 0 Å². The molecule has 2 aromatic rings. The minimum absolute atomic E-state index is 0.295. The molecule has 7 heteroatoms. The molecule has 0 bridgehead atoms. The van der Waals surface area contributed by atoms with Crippen molar-refractivity contribution in [3.05, 3.63) is 47.4 Å². The highest BCUT2D eigenvalue weighted by Gasteiger charge is 2.18. The maximum atomic E-state index is 13.3. The van der Waals surface area contributed by atoms with Gasteiger partial charge in [-0.1, -0.05) is 0 Å². The van der Waals surface area contributed by atoms with Gasteiger partial charge in [-0.25, -0.2) is 18.2 Å². The number of halogens is 3. The summed E-state index contributed by atoms with van der Waals surface area (Å²) in [6.45, 7) is 1.57. The number of amides is 1. The van der Waals surface area contributed by atoms with E-state index in [4.69, 9.17) is 4.42 Å². The fourth-order valence-corrected chi connectivity index (χ4v) is 1.26. The third-order valence-electron chi connectivity index (χ3n) is 2.10. The van der Waals surface area contributed by atoms with Crippen LogP contribution in [-0.2, 0) is 0 Å². The van der Waals surface area contributed by atoms with Gasteiger partial charge in [0.15, 0.2) is 17.5 Å². The molecule has 0 atom stereocenters. The van der Waals surface area contributed by atoms with Crippen molar-refractivity contribution in [2.45, 2.75) is 6.92 Å². The van der Waals surface area contributed by atoms with Gasteiger partial charge in [-0.3, -0.25) is 4.79 Å². The average molecular weight is 256 g/mol. The lowest BCUT2D eigenvalue weighted by Gasteiger charge is -2.04. The molecular formula is C11H7F3N2O2. The summed E-state index contributed by atoms with van der Waals surface area (Å²) in [6.07, 6.45) is 1.30. The summed E-state index contributed by atoms with van der Waals surface area (Å²) in [5.74, 6) is -5.23. The van der Waals surface area contributed by atoms with Crippen molar-refractivity contribution in [1.82, 2.24) is 4.98 Å². The van der Waals surface area contributed by atoms with Crippen LogP contribution in [0, 0.1) is 24.4 Å². The normalized spacial score (nSPS) is 10.4. The Morgan fingerprint density at radius 2 is 2.00 bits per heavy atom. The molecule has 0 saturated carbocycles. The highest BCUT2D eigenvalue weighted by Crippen LogP contribution is 2.20. The molecule has 0 aliphatic rings. The van der Waals surface area contributed by atoms with Crippen molar-refractivity contribution >= 4 is 11.6 Å². The highest BCUT2D eigenvalue weighted by atomic mass is 19.2. The number of nitrogens with one attached hydrogen (secondary N) is 1. The van der Waals surface area contributed by atoms with E-state index in [1.54, 1.807) is 6.92 Å². The zero-order chi connectivity index (χ0) is 13.3. The van der Waals surface area contributed by atoms with E-state index >= 15 is 0 Å². The van der Waals surface area contributed by atoms with Crippen molar-refractivity contribution in [1.29, 1.82) is 0 Å². The molecule has 2 rings (SSSR count). The number of carbonyl (C=O) groups is 1. The molecule has 0 spiro atoms. The van der Waals surface area contributed by atoms with Crippen LogP contribution in [0.3, 0.4) is 0 Å². The zero-order valence-electron chi connectivity index (χ0n) is 9.13. The Balaban J connectivity index is 2.25. The summed E-state index contributed by atoms with van der Waals surface area (Å²) in [5.41, 5.74) is -0.491. The number of carbonyl (C=O) groups excluding carboxylic acids is 1. The number of hydrogen-bond acceptors (Lipinski definition) is 3. The van der Waals surface area contributed by atoms with Crippen LogP contribution >= 0.6 is 0 Å². The predicted octanol–water partition coefficient (Wildman–Crippen LogP) is 2.65. The molecule has 94 valence electrons. The monoisotopic (exact) mass is 256 g/mol. The van der Waals surface area contributed by atoms with Crippen LogP contribution in [0.2, 0.25) is 0 Å². The lowest BCUT2D eigenvalue weighted by molar-refractivity contribution is 0.0988. The topological polar surface area (TPSA) is 55.1 Å². The van der Waals surface area contributed by atoms with E-state index in [-0.39, 0.29) is 5.89 Å². The number of oxazole rings is 1. The van der Waals surface area contributed by atoms with Gasteiger partial charge in [0.05, 0.1) is 11.9 Å². The summed E-state index contributed by atoms with van der Waals surface area (Å²) in [6, 6.07) is 1.61. The molecule has 0 unspecified atom stereocenters.